The molecule has 4 aromatic rings. The van der Waals surface area contributed by atoms with Crippen molar-refractivity contribution in [1.29, 1.82) is 5.41 Å². The zero-order valence-corrected chi connectivity index (χ0v) is 12.9. The Morgan fingerprint density at radius 2 is 1.50 bits per heavy atom. The minimum Gasteiger partial charge on any atom is -0.456 e. The molecule has 24 heavy (non-hydrogen) atoms. The molecule has 0 radical (unpaired) electrons. The Bertz CT molecular complexity index is 1080. The summed E-state index contributed by atoms with van der Waals surface area (Å²) in [7, 11) is 0. The molecule has 4 nitrogen and oxygen atoms in total. The van der Waals surface area contributed by atoms with Crippen LogP contribution < -0.4 is 5.73 Å². The van der Waals surface area contributed by atoms with Gasteiger partial charge in [0.1, 0.15) is 17.0 Å². The van der Waals surface area contributed by atoms with Crippen molar-refractivity contribution in [2.75, 3.05) is 0 Å². The second-order valence-electron chi connectivity index (χ2n) is 5.52. The number of fused-ring (bicyclic) bond motifs is 3. The average molecular weight is 313 g/mol. The van der Waals surface area contributed by atoms with E-state index in [1.165, 1.54) is 0 Å². The smallest absolute Gasteiger partial charge is 0.154 e. The van der Waals surface area contributed by atoms with Gasteiger partial charge >= 0.3 is 0 Å². The summed E-state index contributed by atoms with van der Waals surface area (Å²) in [5.74, 6) is 0.434. The zero-order chi connectivity index (χ0) is 16.5. The van der Waals surface area contributed by atoms with E-state index < -0.39 is 0 Å². The van der Waals surface area contributed by atoms with E-state index in [9.17, 15) is 0 Å². The number of amidine groups is 2. The molecule has 0 unspecified atom stereocenters. The van der Waals surface area contributed by atoms with Crippen LogP contribution in [-0.4, -0.2) is 11.7 Å². The molecule has 0 bridgehead atoms. The maximum Gasteiger partial charge on any atom is 0.154 e. The van der Waals surface area contributed by atoms with Crippen molar-refractivity contribution in [1.82, 2.24) is 0 Å². The maximum atomic E-state index is 8.07. The molecule has 1 heterocycles. The van der Waals surface area contributed by atoms with Crippen molar-refractivity contribution >= 4 is 33.6 Å². The minimum atomic E-state index is 0.137. The number of nitrogens with one attached hydrogen (secondary N) is 1. The molecule has 0 aliphatic carbocycles. The fourth-order valence-corrected chi connectivity index (χ4v) is 2.73. The van der Waals surface area contributed by atoms with E-state index in [2.05, 4.69) is 4.99 Å². The van der Waals surface area contributed by atoms with Gasteiger partial charge in [-0.3, -0.25) is 5.41 Å². The number of hydrogen-bond acceptors (Lipinski definition) is 2. The van der Waals surface area contributed by atoms with Crippen LogP contribution in [0.5, 0.6) is 0 Å². The van der Waals surface area contributed by atoms with Gasteiger partial charge in [0.2, 0.25) is 0 Å². The number of rotatable bonds is 2. The topological polar surface area (TPSA) is 75.4 Å². The van der Waals surface area contributed by atoms with Gasteiger partial charge in [-0.05, 0) is 18.2 Å². The second-order valence-corrected chi connectivity index (χ2v) is 5.52. The quantitative estimate of drug-likeness (QED) is 0.427. The first kappa shape index (κ1) is 14.2. The van der Waals surface area contributed by atoms with E-state index in [1.54, 1.807) is 0 Å². The van der Waals surface area contributed by atoms with Crippen LogP contribution in [0.4, 0.5) is 0 Å². The number of para-hydroxylation sites is 1. The van der Waals surface area contributed by atoms with Crippen molar-refractivity contribution in [3.8, 4) is 0 Å². The van der Waals surface area contributed by atoms with E-state index in [1.807, 2.05) is 72.8 Å². The van der Waals surface area contributed by atoms with E-state index in [0.29, 0.717) is 5.84 Å². The van der Waals surface area contributed by atoms with Crippen molar-refractivity contribution in [2.24, 2.45) is 10.7 Å². The third kappa shape index (κ3) is 2.44. The molecular formula is C20H15N3O. The molecular weight excluding hydrogens is 298 g/mol. The lowest BCUT2D eigenvalue weighted by Crippen LogP contribution is -2.15. The standard InChI is InChI=1S/C20H15N3O/c21-19(13-6-2-1-3-7-13)23-20(22)14-10-11-16-15-8-4-5-9-17(15)24-18(16)12-14/h1-12H,(H3,21,22,23). The summed E-state index contributed by atoms with van der Waals surface area (Å²) in [4.78, 5) is 4.21. The largest absolute Gasteiger partial charge is 0.456 e. The highest BCUT2D eigenvalue weighted by molar-refractivity contribution is 6.12. The molecule has 116 valence electrons. The molecule has 3 N–H and O–H groups in total. The van der Waals surface area contributed by atoms with Gasteiger partial charge in [0.15, 0.2) is 5.84 Å². The molecule has 3 aromatic carbocycles. The van der Waals surface area contributed by atoms with Gasteiger partial charge in [0, 0.05) is 21.9 Å². The molecule has 0 saturated carbocycles. The SMILES string of the molecule is N=C(/N=C(\N)c1ccc2c(c1)oc1ccccc12)c1ccccc1. The highest BCUT2D eigenvalue weighted by atomic mass is 16.3. The maximum absolute atomic E-state index is 8.07. The lowest BCUT2D eigenvalue weighted by molar-refractivity contribution is 0.669. The molecule has 4 heteroatoms. The molecule has 0 spiro atoms. The molecule has 0 fully saturated rings. The van der Waals surface area contributed by atoms with Crippen LogP contribution in [0.3, 0.4) is 0 Å². The van der Waals surface area contributed by atoms with Crippen molar-refractivity contribution < 1.29 is 4.42 Å². The summed E-state index contributed by atoms with van der Waals surface area (Å²) in [6.07, 6.45) is 0. The van der Waals surface area contributed by atoms with Gasteiger partial charge in [-0.25, -0.2) is 4.99 Å². The molecule has 0 aliphatic heterocycles. The summed E-state index contributed by atoms with van der Waals surface area (Å²) in [6.45, 7) is 0. The van der Waals surface area contributed by atoms with Crippen molar-refractivity contribution in [3.05, 3.63) is 83.9 Å². The third-order valence-corrected chi connectivity index (χ3v) is 3.95. The summed E-state index contributed by atoms with van der Waals surface area (Å²) >= 11 is 0. The molecule has 0 saturated heterocycles. The second kappa shape index (κ2) is 5.66. The third-order valence-electron chi connectivity index (χ3n) is 3.95. The van der Waals surface area contributed by atoms with Crippen LogP contribution in [0, 0.1) is 5.41 Å². The Labute approximate surface area is 138 Å². The lowest BCUT2D eigenvalue weighted by atomic mass is 10.1. The van der Waals surface area contributed by atoms with Gasteiger partial charge in [-0.1, -0.05) is 54.6 Å². The highest BCUT2D eigenvalue weighted by Gasteiger charge is 2.09. The summed E-state index contributed by atoms with van der Waals surface area (Å²) in [5, 5.41) is 10.2. The number of hydrogen-bond donors (Lipinski definition) is 2. The van der Waals surface area contributed by atoms with E-state index >= 15 is 0 Å². The first-order chi connectivity index (χ1) is 11.7. The normalized spacial score (nSPS) is 11.9. The number of aliphatic imine (C=N–C) groups is 1. The Morgan fingerprint density at radius 1 is 0.792 bits per heavy atom. The highest BCUT2D eigenvalue weighted by Crippen LogP contribution is 2.28. The predicted octanol–water partition coefficient (Wildman–Crippen LogP) is 4.32. The van der Waals surface area contributed by atoms with E-state index in [4.69, 9.17) is 15.6 Å². The van der Waals surface area contributed by atoms with E-state index in [0.717, 1.165) is 33.1 Å². The summed E-state index contributed by atoms with van der Waals surface area (Å²) in [6, 6.07) is 23.0. The number of furan rings is 1. The Kier molecular flexibility index (Phi) is 3.35. The molecule has 0 amide bonds. The van der Waals surface area contributed by atoms with Gasteiger partial charge in [0.25, 0.3) is 0 Å². The van der Waals surface area contributed by atoms with Crippen LogP contribution in [0.25, 0.3) is 21.9 Å². The number of nitrogens with two attached hydrogens (primary N) is 1. The van der Waals surface area contributed by atoms with Gasteiger partial charge in [-0.15, -0.1) is 0 Å². The number of benzene rings is 3. The van der Waals surface area contributed by atoms with Gasteiger partial charge in [-0.2, -0.15) is 0 Å². The number of nitrogens with zero attached hydrogens (tertiary/aromatic N) is 1. The van der Waals surface area contributed by atoms with Crippen LogP contribution >= 0.6 is 0 Å². The van der Waals surface area contributed by atoms with Crippen LogP contribution in [-0.2, 0) is 0 Å². The lowest BCUT2D eigenvalue weighted by Gasteiger charge is -2.02. The van der Waals surface area contributed by atoms with Crippen LogP contribution in [0.1, 0.15) is 11.1 Å². The van der Waals surface area contributed by atoms with Crippen LogP contribution in [0.15, 0.2) is 82.2 Å². The Hall–Kier alpha value is -3.40. The Morgan fingerprint density at radius 3 is 2.33 bits per heavy atom. The fraction of sp³-hybridized carbons (Fsp3) is 0. The van der Waals surface area contributed by atoms with Crippen LogP contribution in [0.2, 0.25) is 0 Å². The molecule has 1 aromatic heterocycles. The summed E-state index contributed by atoms with van der Waals surface area (Å²) < 4.78 is 5.87. The van der Waals surface area contributed by atoms with Crippen molar-refractivity contribution in [3.63, 3.8) is 0 Å². The monoisotopic (exact) mass is 313 g/mol. The van der Waals surface area contributed by atoms with E-state index in [-0.39, 0.29) is 5.84 Å². The molecule has 4 rings (SSSR count). The predicted molar refractivity (Wildman–Crippen MR) is 97.7 cm³/mol. The minimum absolute atomic E-state index is 0.137. The fourth-order valence-electron chi connectivity index (χ4n) is 2.73. The molecule has 0 aliphatic rings. The average Bonchev–Trinajstić information content (AvgIpc) is 3.00. The molecule has 0 atom stereocenters. The van der Waals surface area contributed by atoms with Crippen molar-refractivity contribution in [2.45, 2.75) is 0 Å². The van der Waals surface area contributed by atoms with Gasteiger partial charge in [0.05, 0.1) is 0 Å². The first-order valence-corrected chi connectivity index (χ1v) is 7.62. The Balaban J connectivity index is 1.74. The summed E-state index contributed by atoms with van der Waals surface area (Å²) in [5.41, 5.74) is 9.16. The first-order valence-electron chi connectivity index (χ1n) is 7.62. The zero-order valence-electron chi connectivity index (χ0n) is 12.9. The van der Waals surface area contributed by atoms with Gasteiger partial charge < -0.3 is 10.2 Å².